The summed E-state index contributed by atoms with van der Waals surface area (Å²) in [4.78, 5) is 21.1. The lowest BCUT2D eigenvalue weighted by molar-refractivity contribution is 0.0628. The first-order valence-corrected chi connectivity index (χ1v) is 9.39. The lowest BCUT2D eigenvalue weighted by Gasteiger charge is -2.34. The summed E-state index contributed by atoms with van der Waals surface area (Å²) in [6.07, 6.45) is 2.52. The number of aromatic nitrogens is 1. The summed E-state index contributed by atoms with van der Waals surface area (Å²) in [5.41, 5.74) is 1.42. The van der Waals surface area contributed by atoms with E-state index in [9.17, 15) is 13.6 Å². The highest BCUT2D eigenvalue weighted by Crippen LogP contribution is 2.40. The zero-order chi connectivity index (χ0) is 17.4. The molecule has 0 radical (unpaired) electrons. The third-order valence-corrected chi connectivity index (χ3v) is 5.60. The van der Waals surface area contributed by atoms with E-state index in [1.54, 1.807) is 16.2 Å². The van der Waals surface area contributed by atoms with E-state index in [4.69, 9.17) is 4.98 Å². The van der Waals surface area contributed by atoms with E-state index in [1.807, 2.05) is 0 Å². The molecule has 0 atom stereocenters. The number of nitrogens with zero attached hydrogens (tertiary/aromatic N) is 3. The van der Waals surface area contributed by atoms with Gasteiger partial charge in [-0.05, 0) is 31.0 Å². The molecule has 4 rings (SSSR count). The van der Waals surface area contributed by atoms with Gasteiger partial charge in [-0.2, -0.15) is 0 Å². The minimum absolute atomic E-state index is 0.196. The van der Waals surface area contributed by atoms with Crippen LogP contribution in [0.1, 0.15) is 39.8 Å². The van der Waals surface area contributed by atoms with Gasteiger partial charge in [0.25, 0.3) is 5.91 Å². The molecule has 2 fully saturated rings. The lowest BCUT2D eigenvalue weighted by Crippen LogP contribution is -2.48. The summed E-state index contributed by atoms with van der Waals surface area (Å²) in [5.74, 6) is -1.49. The van der Waals surface area contributed by atoms with Crippen molar-refractivity contribution >= 4 is 17.2 Å². The molecule has 7 heteroatoms. The number of piperazine rings is 1. The van der Waals surface area contributed by atoms with Gasteiger partial charge in [-0.25, -0.2) is 13.8 Å². The summed E-state index contributed by atoms with van der Waals surface area (Å²) in [5, 5.41) is 3.29. The van der Waals surface area contributed by atoms with Crippen molar-refractivity contribution in [1.29, 1.82) is 0 Å². The molecular formula is C18H19F2N3OS. The van der Waals surface area contributed by atoms with Crippen LogP contribution in [0, 0.1) is 11.6 Å². The Morgan fingerprint density at radius 3 is 2.60 bits per heavy atom. The van der Waals surface area contributed by atoms with Crippen molar-refractivity contribution in [2.45, 2.75) is 25.3 Å². The third kappa shape index (κ3) is 3.72. The Labute approximate surface area is 149 Å². The van der Waals surface area contributed by atoms with Crippen LogP contribution in [0.25, 0.3) is 0 Å². The van der Waals surface area contributed by atoms with E-state index in [2.05, 4.69) is 10.3 Å². The molecule has 25 heavy (non-hydrogen) atoms. The maximum atomic E-state index is 13.3. The maximum Gasteiger partial charge on any atom is 0.254 e. The van der Waals surface area contributed by atoms with E-state index in [0.29, 0.717) is 19.0 Å². The second-order valence-corrected chi connectivity index (χ2v) is 7.58. The fourth-order valence-electron chi connectivity index (χ4n) is 3.08. The van der Waals surface area contributed by atoms with Crippen molar-refractivity contribution in [2.24, 2.45) is 0 Å². The fraction of sp³-hybridized carbons (Fsp3) is 0.444. The Kier molecular flexibility index (Phi) is 4.52. The molecule has 2 heterocycles. The van der Waals surface area contributed by atoms with Gasteiger partial charge in [0.1, 0.15) is 5.01 Å². The summed E-state index contributed by atoms with van der Waals surface area (Å²) in [6, 6.07) is 3.31. The Hall–Kier alpha value is -1.86. The van der Waals surface area contributed by atoms with Gasteiger partial charge in [-0.3, -0.25) is 9.69 Å². The minimum atomic E-state index is -0.986. The number of hydrogen-bond acceptors (Lipinski definition) is 4. The molecule has 2 aromatic rings. The van der Waals surface area contributed by atoms with Gasteiger partial charge in [-0.1, -0.05) is 0 Å². The summed E-state index contributed by atoms with van der Waals surface area (Å²) in [7, 11) is 0. The number of carbonyl (C=O) groups is 1. The maximum absolute atomic E-state index is 13.3. The molecule has 4 nitrogen and oxygen atoms in total. The predicted octanol–water partition coefficient (Wildman–Crippen LogP) is 3.26. The number of hydrogen-bond donors (Lipinski definition) is 0. The molecule has 2 aliphatic rings. The standard InChI is InChI=1S/C18H19F2N3OS/c19-14-4-3-13(9-15(14)20)18(24)23-7-5-22(6-8-23)10-17-21-16(11-25-17)12-1-2-12/h3-4,9,11-12H,1-2,5-8,10H2. The zero-order valence-corrected chi connectivity index (χ0v) is 14.6. The quantitative estimate of drug-likeness (QED) is 0.837. The van der Waals surface area contributed by atoms with Crippen LogP contribution in [0.3, 0.4) is 0 Å². The van der Waals surface area contributed by atoms with E-state index in [-0.39, 0.29) is 11.5 Å². The van der Waals surface area contributed by atoms with E-state index < -0.39 is 11.6 Å². The number of carbonyl (C=O) groups excluding carboxylic acids is 1. The molecule has 132 valence electrons. The van der Waals surface area contributed by atoms with Gasteiger partial charge in [0.2, 0.25) is 0 Å². The van der Waals surface area contributed by atoms with E-state index >= 15 is 0 Å². The van der Waals surface area contributed by atoms with Crippen molar-refractivity contribution in [3.05, 3.63) is 51.5 Å². The highest BCUT2D eigenvalue weighted by atomic mass is 32.1. The summed E-state index contributed by atoms with van der Waals surface area (Å²) in [6.45, 7) is 3.49. The van der Waals surface area contributed by atoms with Crippen LogP contribution in [0.4, 0.5) is 8.78 Å². The monoisotopic (exact) mass is 363 g/mol. The molecule has 1 aliphatic carbocycles. The SMILES string of the molecule is O=C(c1ccc(F)c(F)c1)N1CCN(Cc2nc(C3CC3)cs2)CC1. The third-order valence-electron chi connectivity index (χ3n) is 4.75. The van der Waals surface area contributed by atoms with Crippen molar-refractivity contribution in [3.63, 3.8) is 0 Å². The molecule has 0 spiro atoms. The van der Waals surface area contributed by atoms with Crippen LogP contribution >= 0.6 is 11.3 Å². The lowest BCUT2D eigenvalue weighted by atomic mass is 10.1. The van der Waals surface area contributed by atoms with Gasteiger partial charge in [0, 0.05) is 43.0 Å². The number of rotatable bonds is 4. The smallest absolute Gasteiger partial charge is 0.254 e. The molecule has 1 aromatic heterocycles. The molecule has 1 aromatic carbocycles. The highest BCUT2D eigenvalue weighted by Gasteiger charge is 2.27. The molecule has 1 saturated carbocycles. The molecule has 1 aliphatic heterocycles. The van der Waals surface area contributed by atoms with Crippen LogP contribution < -0.4 is 0 Å². The Balaban J connectivity index is 1.32. The van der Waals surface area contributed by atoms with Crippen molar-refractivity contribution in [3.8, 4) is 0 Å². The number of benzene rings is 1. The fourth-order valence-corrected chi connectivity index (χ4v) is 3.99. The molecule has 0 bridgehead atoms. The molecule has 0 unspecified atom stereocenters. The predicted molar refractivity (Wildman–Crippen MR) is 91.6 cm³/mol. The second kappa shape index (κ2) is 6.80. The summed E-state index contributed by atoms with van der Waals surface area (Å²) >= 11 is 1.71. The first-order valence-electron chi connectivity index (χ1n) is 8.51. The largest absolute Gasteiger partial charge is 0.336 e. The molecular weight excluding hydrogens is 344 g/mol. The Morgan fingerprint density at radius 1 is 1.16 bits per heavy atom. The van der Waals surface area contributed by atoms with Crippen molar-refractivity contribution < 1.29 is 13.6 Å². The highest BCUT2D eigenvalue weighted by molar-refractivity contribution is 7.09. The minimum Gasteiger partial charge on any atom is -0.336 e. The van der Waals surface area contributed by atoms with E-state index in [0.717, 1.165) is 36.8 Å². The topological polar surface area (TPSA) is 36.4 Å². The second-order valence-electron chi connectivity index (χ2n) is 6.64. The Morgan fingerprint density at radius 2 is 1.92 bits per heavy atom. The van der Waals surface area contributed by atoms with Crippen LogP contribution in [-0.4, -0.2) is 46.9 Å². The average molecular weight is 363 g/mol. The molecule has 1 amide bonds. The van der Waals surface area contributed by atoms with Gasteiger partial charge in [0.05, 0.1) is 12.2 Å². The van der Waals surface area contributed by atoms with Crippen LogP contribution in [-0.2, 0) is 6.54 Å². The zero-order valence-electron chi connectivity index (χ0n) is 13.8. The first kappa shape index (κ1) is 16.6. The van der Waals surface area contributed by atoms with Gasteiger partial charge in [0.15, 0.2) is 11.6 Å². The summed E-state index contributed by atoms with van der Waals surface area (Å²) < 4.78 is 26.3. The van der Waals surface area contributed by atoms with Crippen molar-refractivity contribution in [2.75, 3.05) is 26.2 Å². The number of halogens is 2. The van der Waals surface area contributed by atoms with E-state index in [1.165, 1.54) is 24.6 Å². The van der Waals surface area contributed by atoms with Crippen LogP contribution in [0.5, 0.6) is 0 Å². The van der Waals surface area contributed by atoms with Gasteiger partial charge in [-0.15, -0.1) is 11.3 Å². The number of amides is 1. The Bertz CT molecular complexity index is 782. The van der Waals surface area contributed by atoms with Crippen molar-refractivity contribution in [1.82, 2.24) is 14.8 Å². The van der Waals surface area contributed by atoms with Gasteiger partial charge >= 0.3 is 0 Å². The molecule has 1 saturated heterocycles. The van der Waals surface area contributed by atoms with Crippen LogP contribution in [0.2, 0.25) is 0 Å². The van der Waals surface area contributed by atoms with Crippen LogP contribution in [0.15, 0.2) is 23.6 Å². The first-order chi connectivity index (χ1) is 12.1. The average Bonchev–Trinajstić information content (AvgIpc) is 3.37. The van der Waals surface area contributed by atoms with Gasteiger partial charge < -0.3 is 4.90 Å². The molecule has 0 N–H and O–H groups in total. The normalized spacial score (nSPS) is 18.6. The number of thiazole rings is 1.